The monoisotopic (exact) mass is 246 g/mol. The molecule has 0 radical (unpaired) electrons. The number of fused-ring (bicyclic) bond motifs is 1. The van der Waals surface area contributed by atoms with E-state index in [1.807, 2.05) is 16.8 Å². The summed E-state index contributed by atoms with van der Waals surface area (Å²) in [6.45, 7) is 6.36. The summed E-state index contributed by atoms with van der Waals surface area (Å²) in [4.78, 5) is 4.17. The summed E-state index contributed by atoms with van der Waals surface area (Å²) in [6, 6.07) is 2.08. The fraction of sp³-hybridized carbons (Fsp3) is 0.533. The molecule has 0 fully saturated rings. The van der Waals surface area contributed by atoms with E-state index in [0.29, 0.717) is 5.92 Å². The first-order chi connectivity index (χ1) is 8.67. The Labute approximate surface area is 108 Å². The van der Waals surface area contributed by atoms with Crippen LogP contribution in [0.1, 0.15) is 50.3 Å². The van der Waals surface area contributed by atoms with Gasteiger partial charge in [-0.3, -0.25) is 0 Å². The highest BCUT2D eigenvalue weighted by molar-refractivity contribution is 5.55. The zero-order valence-electron chi connectivity index (χ0n) is 11.4. The van der Waals surface area contributed by atoms with Crippen molar-refractivity contribution in [3.63, 3.8) is 0 Å². The maximum Gasteiger partial charge on any atom is 0.0992 e. The molecule has 2 aromatic rings. The SMILES string of the molecule is CCCC(CC)C(O)c1cc(C)cn2cncc12. The van der Waals surface area contributed by atoms with Crippen LogP contribution in [0.15, 0.2) is 24.8 Å². The molecule has 2 atom stereocenters. The summed E-state index contributed by atoms with van der Waals surface area (Å²) in [5.41, 5.74) is 3.18. The first kappa shape index (κ1) is 13.1. The third kappa shape index (κ3) is 2.41. The molecule has 0 spiro atoms. The number of imidazole rings is 1. The molecule has 0 aliphatic carbocycles. The van der Waals surface area contributed by atoms with Gasteiger partial charge in [-0.15, -0.1) is 0 Å². The van der Waals surface area contributed by atoms with E-state index in [1.54, 1.807) is 6.33 Å². The Morgan fingerprint density at radius 2 is 2.17 bits per heavy atom. The van der Waals surface area contributed by atoms with Crippen LogP contribution >= 0.6 is 0 Å². The number of aromatic nitrogens is 2. The van der Waals surface area contributed by atoms with Crippen LogP contribution in [0.25, 0.3) is 5.52 Å². The van der Waals surface area contributed by atoms with Crippen LogP contribution in [0.4, 0.5) is 0 Å². The van der Waals surface area contributed by atoms with Gasteiger partial charge in [0, 0.05) is 11.8 Å². The van der Waals surface area contributed by atoms with Crippen molar-refractivity contribution in [1.82, 2.24) is 9.38 Å². The molecule has 0 saturated heterocycles. The second-order valence-corrected chi connectivity index (χ2v) is 5.06. The third-order valence-electron chi connectivity index (χ3n) is 3.64. The van der Waals surface area contributed by atoms with E-state index in [2.05, 4.69) is 31.8 Å². The molecule has 98 valence electrons. The standard InChI is InChI=1S/C15H22N2O/c1-4-6-12(5-2)15(18)13-7-11(3)9-17-10-16-8-14(13)17/h7-10,12,15,18H,4-6H2,1-3H3. The lowest BCUT2D eigenvalue weighted by Crippen LogP contribution is -2.13. The zero-order chi connectivity index (χ0) is 13.1. The molecule has 0 bridgehead atoms. The number of hydrogen-bond donors (Lipinski definition) is 1. The van der Waals surface area contributed by atoms with Crippen molar-refractivity contribution in [2.24, 2.45) is 5.92 Å². The molecule has 2 unspecified atom stereocenters. The first-order valence-electron chi connectivity index (χ1n) is 6.77. The number of aryl methyl sites for hydroxylation is 1. The highest BCUT2D eigenvalue weighted by atomic mass is 16.3. The minimum absolute atomic E-state index is 0.329. The molecule has 2 rings (SSSR count). The Hall–Kier alpha value is -1.35. The van der Waals surface area contributed by atoms with Gasteiger partial charge in [0.25, 0.3) is 0 Å². The maximum absolute atomic E-state index is 10.6. The van der Waals surface area contributed by atoms with Gasteiger partial charge in [0.1, 0.15) is 0 Å². The van der Waals surface area contributed by atoms with Gasteiger partial charge in [0.15, 0.2) is 0 Å². The van der Waals surface area contributed by atoms with Crippen molar-refractivity contribution in [2.75, 3.05) is 0 Å². The van der Waals surface area contributed by atoms with Gasteiger partial charge in [-0.1, -0.05) is 26.7 Å². The lowest BCUT2D eigenvalue weighted by molar-refractivity contribution is 0.101. The largest absolute Gasteiger partial charge is 0.388 e. The molecular formula is C15H22N2O. The summed E-state index contributed by atoms with van der Waals surface area (Å²) in [6.07, 6.45) is 8.44. The zero-order valence-corrected chi connectivity index (χ0v) is 11.4. The first-order valence-corrected chi connectivity index (χ1v) is 6.77. The minimum Gasteiger partial charge on any atom is -0.388 e. The van der Waals surface area contributed by atoms with E-state index in [1.165, 1.54) is 0 Å². The number of pyridine rings is 1. The number of aliphatic hydroxyl groups excluding tert-OH is 1. The number of hydrogen-bond acceptors (Lipinski definition) is 2. The maximum atomic E-state index is 10.6. The molecule has 0 aliphatic rings. The van der Waals surface area contributed by atoms with Crippen LogP contribution in [-0.2, 0) is 0 Å². The predicted octanol–water partition coefficient (Wildman–Crippen LogP) is 3.50. The third-order valence-corrected chi connectivity index (χ3v) is 3.64. The van der Waals surface area contributed by atoms with Gasteiger partial charge in [0.05, 0.1) is 24.1 Å². The summed E-state index contributed by atoms with van der Waals surface area (Å²) in [7, 11) is 0. The van der Waals surface area contributed by atoms with Crippen molar-refractivity contribution >= 4 is 5.52 Å². The number of aliphatic hydroxyl groups is 1. The Morgan fingerprint density at radius 3 is 2.83 bits per heavy atom. The van der Waals surface area contributed by atoms with Crippen LogP contribution in [0, 0.1) is 12.8 Å². The summed E-state index contributed by atoms with van der Waals surface area (Å²) in [5, 5.41) is 10.6. The van der Waals surface area contributed by atoms with E-state index in [0.717, 1.165) is 35.9 Å². The summed E-state index contributed by atoms with van der Waals surface area (Å²) < 4.78 is 1.99. The molecule has 0 aliphatic heterocycles. The Bertz CT molecular complexity index is 518. The van der Waals surface area contributed by atoms with Gasteiger partial charge in [-0.05, 0) is 30.9 Å². The van der Waals surface area contributed by atoms with Crippen LogP contribution in [0.5, 0.6) is 0 Å². The van der Waals surface area contributed by atoms with Crippen molar-refractivity contribution in [3.05, 3.63) is 35.9 Å². The number of nitrogens with zero attached hydrogens (tertiary/aromatic N) is 2. The van der Waals surface area contributed by atoms with Crippen LogP contribution < -0.4 is 0 Å². The fourth-order valence-electron chi connectivity index (χ4n) is 2.65. The normalized spacial score (nSPS) is 14.9. The van der Waals surface area contributed by atoms with Crippen molar-refractivity contribution < 1.29 is 5.11 Å². The Balaban J connectivity index is 2.42. The molecule has 1 N–H and O–H groups in total. The molecule has 3 heteroatoms. The van der Waals surface area contributed by atoms with Gasteiger partial charge in [0.2, 0.25) is 0 Å². The quantitative estimate of drug-likeness (QED) is 0.876. The second-order valence-electron chi connectivity index (χ2n) is 5.06. The van der Waals surface area contributed by atoms with Crippen LogP contribution in [0.3, 0.4) is 0 Å². The van der Waals surface area contributed by atoms with Crippen molar-refractivity contribution in [1.29, 1.82) is 0 Å². The van der Waals surface area contributed by atoms with E-state index in [4.69, 9.17) is 0 Å². The minimum atomic E-state index is -0.394. The molecule has 0 aromatic carbocycles. The lowest BCUT2D eigenvalue weighted by atomic mass is 9.89. The van der Waals surface area contributed by atoms with Gasteiger partial charge >= 0.3 is 0 Å². The van der Waals surface area contributed by atoms with E-state index >= 15 is 0 Å². The summed E-state index contributed by atoms with van der Waals surface area (Å²) >= 11 is 0. The molecule has 3 nitrogen and oxygen atoms in total. The average Bonchev–Trinajstić information content (AvgIpc) is 2.82. The lowest BCUT2D eigenvalue weighted by Gasteiger charge is -2.22. The van der Waals surface area contributed by atoms with Gasteiger partial charge in [-0.2, -0.15) is 0 Å². The molecule has 2 heterocycles. The van der Waals surface area contributed by atoms with Gasteiger partial charge in [-0.25, -0.2) is 4.98 Å². The molecule has 2 aromatic heterocycles. The van der Waals surface area contributed by atoms with E-state index < -0.39 is 6.10 Å². The van der Waals surface area contributed by atoms with Crippen LogP contribution in [0.2, 0.25) is 0 Å². The molecule has 18 heavy (non-hydrogen) atoms. The van der Waals surface area contributed by atoms with Gasteiger partial charge < -0.3 is 9.51 Å². The number of rotatable bonds is 5. The smallest absolute Gasteiger partial charge is 0.0992 e. The van der Waals surface area contributed by atoms with E-state index in [-0.39, 0.29) is 0 Å². The molecule has 0 amide bonds. The van der Waals surface area contributed by atoms with E-state index in [9.17, 15) is 5.11 Å². The average molecular weight is 246 g/mol. The van der Waals surface area contributed by atoms with Crippen molar-refractivity contribution in [3.8, 4) is 0 Å². The molecule has 0 saturated carbocycles. The Kier molecular flexibility index (Phi) is 4.02. The van der Waals surface area contributed by atoms with Crippen LogP contribution in [-0.4, -0.2) is 14.5 Å². The summed E-state index contributed by atoms with van der Waals surface area (Å²) in [5.74, 6) is 0.329. The topological polar surface area (TPSA) is 37.5 Å². The predicted molar refractivity (Wildman–Crippen MR) is 73.6 cm³/mol. The molecular weight excluding hydrogens is 224 g/mol. The highest BCUT2D eigenvalue weighted by Gasteiger charge is 2.21. The second kappa shape index (κ2) is 5.53. The fourth-order valence-corrected chi connectivity index (χ4v) is 2.65. The highest BCUT2D eigenvalue weighted by Crippen LogP contribution is 2.31. The Morgan fingerprint density at radius 1 is 1.39 bits per heavy atom. The van der Waals surface area contributed by atoms with Crippen molar-refractivity contribution in [2.45, 2.75) is 46.1 Å².